The van der Waals surface area contributed by atoms with Gasteiger partial charge in [0.05, 0.1) is 0 Å². The Morgan fingerprint density at radius 1 is 1.35 bits per heavy atom. The van der Waals surface area contributed by atoms with E-state index < -0.39 is 5.97 Å². The van der Waals surface area contributed by atoms with E-state index in [1.807, 2.05) is 0 Å². The zero-order valence-electron chi connectivity index (χ0n) is 9.18. The van der Waals surface area contributed by atoms with Crippen molar-refractivity contribution in [1.82, 2.24) is 0 Å². The molecule has 90 valence electrons. The van der Waals surface area contributed by atoms with E-state index in [9.17, 15) is 9.18 Å². The number of rotatable bonds is 3. The zero-order valence-corrected chi connectivity index (χ0v) is 9.18. The number of nitrogens with zero attached hydrogens (tertiary/aromatic N) is 1. The van der Waals surface area contributed by atoms with Gasteiger partial charge in [0.25, 0.3) is 0 Å². The van der Waals surface area contributed by atoms with Gasteiger partial charge in [0.2, 0.25) is 5.96 Å². The molecular weight excluding hydrogens is 225 g/mol. The van der Waals surface area contributed by atoms with Gasteiger partial charge in [-0.2, -0.15) is 0 Å². The molecule has 6 heteroatoms. The highest BCUT2D eigenvalue weighted by Crippen LogP contribution is 2.09. The van der Waals surface area contributed by atoms with Crippen molar-refractivity contribution >= 4 is 18.0 Å². The van der Waals surface area contributed by atoms with Gasteiger partial charge in [-0.25, -0.2) is 9.18 Å². The van der Waals surface area contributed by atoms with Crippen LogP contribution in [0.2, 0.25) is 0 Å². The van der Waals surface area contributed by atoms with Gasteiger partial charge in [-0.1, -0.05) is 12.1 Å². The molecule has 1 aromatic rings. The molecule has 17 heavy (non-hydrogen) atoms. The molecule has 0 spiro atoms. The summed E-state index contributed by atoms with van der Waals surface area (Å²) < 4.78 is 12.6. The standard InChI is InChI=1S/C11H12FN3O2/c1-7(10(16)17-15-11(13)14)6-8-2-4-9(12)5-3-8/h2-6H,1H3,(H4,13,14,15)/b7-6+. The summed E-state index contributed by atoms with van der Waals surface area (Å²) in [5.74, 6) is -1.36. The lowest BCUT2D eigenvalue weighted by Crippen LogP contribution is -2.23. The molecule has 0 aromatic heterocycles. The topological polar surface area (TPSA) is 90.7 Å². The Bertz CT molecular complexity index is 462. The minimum Gasteiger partial charge on any atom is -0.367 e. The second kappa shape index (κ2) is 5.64. The van der Waals surface area contributed by atoms with Gasteiger partial charge in [-0.3, -0.25) is 0 Å². The highest BCUT2D eigenvalue weighted by Gasteiger charge is 2.05. The molecule has 0 fully saturated rings. The van der Waals surface area contributed by atoms with Crippen LogP contribution in [0.5, 0.6) is 0 Å². The molecule has 0 radical (unpaired) electrons. The number of carbonyl (C=O) groups excluding carboxylic acids is 1. The van der Waals surface area contributed by atoms with Crippen molar-refractivity contribution in [3.63, 3.8) is 0 Å². The summed E-state index contributed by atoms with van der Waals surface area (Å²) in [4.78, 5) is 15.8. The lowest BCUT2D eigenvalue weighted by atomic mass is 10.1. The number of benzene rings is 1. The maximum Gasteiger partial charge on any atom is 0.361 e. The number of carbonyl (C=O) groups is 1. The molecule has 0 saturated carbocycles. The van der Waals surface area contributed by atoms with Crippen LogP contribution in [0.4, 0.5) is 4.39 Å². The van der Waals surface area contributed by atoms with Crippen LogP contribution in [0.25, 0.3) is 6.08 Å². The lowest BCUT2D eigenvalue weighted by Gasteiger charge is -1.99. The van der Waals surface area contributed by atoms with E-state index in [4.69, 9.17) is 11.5 Å². The largest absolute Gasteiger partial charge is 0.367 e. The second-order valence-corrected chi connectivity index (χ2v) is 3.27. The molecule has 4 N–H and O–H groups in total. The monoisotopic (exact) mass is 237 g/mol. The molecular formula is C11H12FN3O2. The average Bonchev–Trinajstić information content (AvgIpc) is 2.28. The van der Waals surface area contributed by atoms with Gasteiger partial charge in [0.15, 0.2) is 0 Å². The first-order valence-electron chi connectivity index (χ1n) is 4.73. The smallest absolute Gasteiger partial charge is 0.361 e. The summed E-state index contributed by atoms with van der Waals surface area (Å²) >= 11 is 0. The Hall–Kier alpha value is -2.37. The fourth-order valence-corrected chi connectivity index (χ4v) is 1.03. The van der Waals surface area contributed by atoms with Gasteiger partial charge in [-0.15, -0.1) is 0 Å². The van der Waals surface area contributed by atoms with Crippen LogP contribution in [0.15, 0.2) is 35.0 Å². The molecule has 5 nitrogen and oxygen atoms in total. The van der Waals surface area contributed by atoms with Crippen molar-refractivity contribution in [3.05, 3.63) is 41.2 Å². The summed E-state index contributed by atoms with van der Waals surface area (Å²) in [6.07, 6.45) is 1.53. The second-order valence-electron chi connectivity index (χ2n) is 3.27. The molecule has 0 atom stereocenters. The van der Waals surface area contributed by atoms with Crippen LogP contribution in [0.3, 0.4) is 0 Å². The van der Waals surface area contributed by atoms with Crippen molar-refractivity contribution < 1.29 is 14.0 Å². The Labute approximate surface area is 97.5 Å². The zero-order chi connectivity index (χ0) is 12.8. The molecule has 1 rings (SSSR count). The van der Waals surface area contributed by atoms with Gasteiger partial charge >= 0.3 is 5.97 Å². The first-order valence-corrected chi connectivity index (χ1v) is 4.73. The average molecular weight is 237 g/mol. The van der Waals surface area contributed by atoms with Crippen molar-refractivity contribution in [2.75, 3.05) is 0 Å². The molecule has 1 aromatic carbocycles. The molecule has 0 amide bonds. The predicted molar refractivity (Wildman–Crippen MR) is 62.0 cm³/mol. The third-order valence-corrected chi connectivity index (χ3v) is 1.81. The van der Waals surface area contributed by atoms with E-state index in [1.54, 1.807) is 0 Å². The summed E-state index contributed by atoms with van der Waals surface area (Å²) in [6, 6.07) is 5.65. The van der Waals surface area contributed by atoms with Crippen LogP contribution in [-0.4, -0.2) is 11.9 Å². The minimum atomic E-state index is -0.678. The molecule has 0 aliphatic heterocycles. The van der Waals surface area contributed by atoms with E-state index >= 15 is 0 Å². The number of guanidine groups is 1. The van der Waals surface area contributed by atoms with E-state index in [1.165, 1.54) is 37.3 Å². The third kappa shape index (κ3) is 4.33. The fourth-order valence-electron chi connectivity index (χ4n) is 1.03. The lowest BCUT2D eigenvalue weighted by molar-refractivity contribution is -0.138. The minimum absolute atomic E-state index is 0.293. The predicted octanol–water partition coefficient (Wildman–Crippen LogP) is 0.961. The van der Waals surface area contributed by atoms with Crippen molar-refractivity contribution in [3.8, 4) is 0 Å². The quantitative estimate of drug-likeness (QED) is 0.269. The van der Waals surface area contributed by atoms with E-state index in [0.717, 1.165) is 0 Å². The molecule has 0 heterocycles. The third-order valence-electron chi connectivity index (χ3n) is 1.81. The molecule has 0 aliphatic rings. The molecule has 0 aliphatic carbocycles. The number of hydrogen-bond donors (Lipinski definition) is 2. The van der Waals surface area contributed by atoms with Crippen molar-refractivity contribution in [1.29, 1.82) is 0 Å². The van der Waals surface area contributed by atoms with Crippen molar-refractivity contribution in [2.45, 2.75) is 6.92 Å². The van der Waals surface area contributed by atoms with Crippen LogP contribution in [-0.2, 0) is 9.63 Å². The Morgan fingerprint density at radius 3 is 2.47 bits per heavy atom. The van der Waals surface area contributed by atoms with Crippen LogP contribution < -0.4 is 11.5 Å². The van der Waals surface area contributed by atoms with E-state index in [0.29, 0.717) is 11.1 Å². The van der Waals surface area contributed by atoms with Crippen LogP contribution in [0.1, 0.15) is 12.5 Å². The SMILES string of the molecule is C/C(=C\c1ccc(F)cc1)C(=O)ON=C(N)N. The number of halogens is 1. The van der Waals surface area contributed by atoms with Gasteiger partial charge in [0.1, 0.15) is 5.82 Å². The molecule has 0 unspecified atom stereocenters. The normalized spacial score (nSPS) is 10.8. The summed E-state index contributed by atoms with van der Waals surface area (Å²) in [6.45, 7) is 1.54. The first kappa shape index (κ1) is 12.7. The maximum atomic E-state index is 12.6. The van der Waals surface area contributed by atoms with Gasteiger partial charge < -0.3 is 16.3 Å². The Balaban J connectivity index is 2.75. The van der Waals surface area contributed by atoms with Gasteiger partial charge in [0, 0.05) is 5.57 Å². The number of oxime groups is 1. The number of hydrogen-bond acceptors (Lipinski definition) is 3. The van der Waals surface area contributed by atoms with E-state index in [2.05, 4.69) is 9.99 Å². The number of nitrogens with two attached hydrogens (primary N) is 2. The maximum absolute atomic E-state index is 12.6. The Morgan fingerprint density at radius 2 is 1.94 bits per heavy atom. The van der Waals surface area contributed by atoms with Crippen LogP contribution >= 0.6 is 0 Å². The first-order chi connectivity index (χ1) is 7.99. The summed E-state index contributed by atoms with van der Waals surface area (Å²) in [5, 5.41) is 3.12. The molecule has 0 saturated heterocycles. The van der Waals surface area contributed by atoms with Crippen molar-refractivity contribution in [2.24, 2.45) is 16.6 Å². The Kier molecular flexibility index (Phi) is 4.21. The summed E-state index contributed by atoms with van der Waals surface area (Å²) in [7, 11) is 0. The molecule has 0 bridgehead atoms. The summed E-state index contributed by atoms with van der Waals surface area (Å²) in [5.41, 5.74) is 11.0. The van der Waals surface area contributed by atoms with E-state index in [-0.39, 0.29) is 11.8 Å². The highest BCUT2D eigenvalue weighted by atomic mass is 19.1. The fraction of sp³-hybridized carbons (Fsp3) is 0.0909. The highest BCUT2D eigenvalue weighted by molar-refractivity contribution is 5.93. The van der Waals surface area contributed by atoms with Crippen LogP contribution in [0, 0.1) is 5.82 Å². The van der Waals surface area contributed by atoms with Gasteiger partial charge in [-0.05, 0) is 35.9 Å².